The molecule has 1 fully saturated rings. The summed E-state index contributed by atoms with van der Waals surface area (Å²) < 4.78 is 10.5. The summed E-state index contributed by atoms with van der Waals surface area (Å²) in [6.45, 7) is 5.36. The molecule has 1 heterocycles. The summed E-state index contributed by atoms with van der Waals surface area (Å²) in [5, 5.41) is 0. The number of carbonyl (C=O) groups is 1. The van der Waals surface area contributed by atoms with E-state index in [0.29, 0.717) is 17.8 Å². The Balaban J connectivity index is 2.20. The van der Waals surface area contributed by atoms with Gasteiger partial charge in [-0.25, -0.2) is 4.79 Å². The van der Waals surface area contributed by atoms with Crippen LogP contribution in [-0.2, 0) is 16.0 Å². The molecule has 1 aliphatic rings. The Morgan fingerprint density at radius 3 is 3.10 bits per heavy atom. The van der Waals surface area contributed by atoms with Gasteiger partial charge in [0.15, 0.2) is 0 Å². The van der Waals surface area contributed by atoms with E-state index in [0.717, 1.165) is 31.7 Å². The highest BCUT2D eigenvalue weighted by molar-refractivity contribution is 5.96. The highest BCUT2D eigenvalue weighted by Crippen LogP contribution is 2.21. The van der Waals surface area contributed by atoms with Crippen LogP contribution in [0, 0.1) is 0 Å². The summed E-state index contributed by atoms with van der Waals surface area (Å²) >= 11 is 0. The molecular formula is C15H22N2O3. The van der Waals surface area contributed by atoms with Crippen LogP contribution < -0.4 is 5.73 Å². The fourth-order valence-electron chi connectivity index (χ4n) is 2.57. The largest absolute Gasteiger partial charge is 0.465 e. The summed E-state index contributed by atoms with van der Waals surface area (Å²) in [5.74, 6) is -0.378. The Hall–Kier alpha value is -1.59. The molecule has 5 heteroatoms. The van der Waals surface area contributed by atoms with Crippen LogP contribution in [0.3, 0.4) is 0 Å². The zero-order valence-corrected chi connectivity index (χ0v) is 12.1. The molecule has 0 aliphatic carbocycles. The highest BCUT2D eigenvalue weighted by Gasteiger charge is 2.20. The van der Waals surface area contributed by atoms with E-state index < -0.39 is 0 Å². The molecule has 1 aromatic rings. The third-order valence-electron chi connectivity index (χ3n) is 3.50. The molecule has 0 amide bonds. The normalized spacial score (nSPS) is 20.4. The summed E-state index contributed by atoms with van der Waals surface area (Å²) in [5.41, 5.74) is 7.77. The first-order chi connectivity index (χ1) is 9.61. The number of hydrogen-bond donors (Lipinski definition) is 1. The fraction of sp³-hybridized carbons (Fsp3) is 0.533. The monoisotopic (exact) mass is 278 g/mol. The lowest BCUT2D eigenvalue weighted by Crippen LogP contribution is -2.30. The van der Waals surface area contributed by atoms with Crippen molar-refractivity contribution in [3.05, 3.63) is 29.3 Å². The van der Waals surface area contributed by atoms with Crippen LogP contribution in [0.5, 0.6) is 0 Å². The van der Waals surface area contributed by atoms with Gasteiger partial charge in [-0.15, -0.1) is 0 Å². The van der Waals surface area contributed by atoms with Crippen molar-refractivity contribution in [2.45, 2.75) is 26.0 Å². The zero-order valence-electron chi connectivity index (χ0n) is 12.1. The molecule has 5 nitrogen and oxygen atoms in total. The summed E-state index contributed by atoms with van der Waals surface area (Å²) in [4.78, 5) is 14.2. The number of ether oxygens (including phenoxy) is 2. The summed E-state index contributed by atoms with van der Waals surface area (Å²) in [6.07, 6.45) is 1.21. The molecule has 1 unspecified atom stereocenters. The smallest absolute Gasteiger partial charge is 0.340 e. The number of benzene rings is 1. The van der Waals surface area contributed by atoms with Crippen LogP contribution in [0.4, 0.5) is 5.69 Å². The summed E-state index contributed by atoms with van der Waals surface area (Å²) in [6, 6.07) is 5.53. The van der Waals surface area contributed by atoms with Gasteiger partial charge in [-0.1, -0.05) is 12.1 Å². The molecule has 1 aromatic carbocycles. The number of nitrogens with zero attached hydrogens (tertiary/aromatic N) is 1. The Morgan fingerprint density at radius 1 is 1.55 bits per heavy atom. The number of esters is 1. The third kappa shape index (κ3) is 3.49. The minimum absolute atomic E-state index is 0.208. The van der Waals surface area contributed by atoms with E-state index in [2.05, 4.69) is 11.8 Å². The maximum Gasteiger partial charge on any atom is 0.340 e. The van der Waals surface area contributed by atoms with Crippen molar-refractivity contribution in [3.63, 3.8) is 0 Å². The van der Waals surface area contributed by atoms with E-state index in [1.165, 1.54) is 7.11 Å². The second kappa shape index (κ2) is 6.72. The first kappa shape index (κ1) is 14.8. The number of nitrogen functional groups attached to an aromatic ring is 1. The average Bonchev–Trinajstić information content (AvgIpc) is 2.62. The van der Waals surface area contributed by atoms with Crippen molar-refractivity contribution in [2.75, 3.05) is 32.5 Å². The van der Waals surface area contributed by atoms with Gasteiger partial charge < -0.3 is 15.2 Å². The molecule has 0 spiro atoms. The number of hydrogen-bond acceptors (Lipinski definition) is 5. The second-order valence-corrected chi connectivity index (χ2v) is 5.14. The van der Waals surface area contributed by atoms with Crippen LogP contribution in [0.2, 0.25) is 0 Å². The SMILES string of the molecule is COC(=O)c1c(N)cccc1CN1CCCOC(C)C1. The zero-order chi connectivity index (χ0) is 14.5. The molecule has 110 valence electrons. The van der Waals surface area contributed by atoms with Crippen LogP contribution in [0.25, 0.3) is 0 Å². The van der Waals surface area contributed by atoms with Crippen molar-refractivity contribution in [1.82, 2.24) is 4.90 Å². The lowest BCUT2D eigenvalue weighted by molar-refractivity contribution is 0.0597. The first-order valence-electron chi connectivity index (χ1n) is 6.91. The predicted octanol–water partition coefficient (Wildman–Crippen LogP) is 1.67. The Morgan fingerprint density at radius 2 is 2.35 bits per heavy atom. The highest BCUT2D eigenvalue weighted by atomic mass is 16.5. The molecule has 0 bridgehead atoms. The molecule has 20 heavy (non-hydrogen) atoms. The van der Waals surface area contributed by atoms with Gasteiger partial charge >= 0.3 is 5.97 Å². The molecule has 0 aromatic heterocycles. The lowest BCUT2D eigenvalue weighted by Gasteiger charge is -2.23. The fourth-order valence-corrected chi connectivity index (χ4v) is 2.57. The third-order valence-corrected chi connectivity index (χ3v) is 3.50. The van der Waals surface area contributed by atoms with Crippen molar-refractivity contribution in [1.29, 1.82) is 0 Å². The number of anilines is 1. The first-order valence-corrected chi connectivity index (χ1v) is 6.91. The van der Waals surface area contributed by atoms with Crippen LogP contribution in [0.1, 0.15) is 29.3 Å². The lowest BCUT2D eigenvalue weighted by atomic mass is 10.0. The van der Waals surface area contributed by atoms with E-state index in [1.807, 2.05) is 12.1 Å². The molecule has 2 N–H and O–H groups in total. The number of nitrogens with two attached hydrogens (primary N) is 1. The predicted molar refractivity (Wildman–Crippen MR) is 77.5 cm³/mol. The quantitative estimate of drug-likeness (QED) is 0.673. The molecule has 1 aliphatic heterocycles. The number of carbonyl (C=O) groups excluding carboxylic acids is 1. The van der Waals surface area contributed by atoms with Crippen molar-refractivity contribution >= 4 is 11.7 Å². The maximum atomic E-state index is 11.9. The van der Waals surface area contributed by atoms with E-state index in [-0.39, 0.29) is 12.1 Å². The van der Waals surface area contributed by atoms with Crippen molar-refractivity contribution in [2.24, 2.45) is 0 Å². The molecular weight excluding hydrogens is 256 g/mol. The van der Waals surface area contributed by atoms with Gasteiger partial charge in [0.1, 0.15) is 0 Å². The van der Waals surface area contributed by atoms with Crippen LogP contribution in [-0.4, -0.2) is 43.8 Å². The van der Waals surface area contributed by atoms with Gasteiger partial charge in [0.25, 0.3) is 0 Å². The van der Waals surface area contributed by atoms with Gasteiger partial charge in [-0.3, -0.25) is 4.90 Å². The summed E-state index contributed by atoms with van der Waals surface area (Å²) in [7, 11) is 1.38. The Kier molecular flexibility index (Phi) is 4.98. The van der Waals surface area contributed by atoms with Gasteiger partial charge in [0.05, 0.1) is 18.8 Å². The van der Waals surface area contributed by atoms with E-state index in [4.69, 9.17) is 15.2 Å². The Labute approximate surface area is 119 Å². The molecule has 1 saturated heterocycles. The van der Waals surface area contributed by atoms with Gasteiger partial charge in [-0.2, -0.15) is 0 Å². The van der Waals surface area contributed by atoms with Crippen LogP contribution in [0.15, 0.2) is 18.2 Å². The molecule has 0 radical (unpaired) electrons. The van der Waals surface area contributed by atoms with E-state index in [9.17, 15) is 4.79 Å². The average molecular weight is 278 g/mol. The Bertz CT molecular complexity index is 476. The minimum atomic E-state index is -0.378. The van der Waals surface area contributed by atoms with E-state index >= 15 is 0 Å². The maximum absolute atomic E-state index is 11.9. The standard InChI is InChI=1S/C15H22N2O3/c1-11-9-17(7-4-8-20-11)10-12-5-3-6-13(16)14(12)15(18)19-2/h3,5-6,11H,4,7-10,16H2,1-2H3. The number of rotatable bonds is 3. The van der Waals surface area contributed by atoms with E-state index in [1.54, 1.807) is 6.07 Å². The topological polar surface area (TPSA) is 64.8 Å². The van der Waals surface area contributed by atoms with Crippen molar-refractivity contribution in [3.8, 4) is 0 Å². The molecule has 2 rings (SSSR count). The van der Waals surface area contributed by atoms with Crippen LogP contribution >= 0.6 is 0 Å². The van der Waals surface area contributed by atoms with Gasteiger partial charge in [0.2, 0.25) is 0 Å². The minimum Gasteiger partial charge on any atom is -0.465 e. The second-order valence-electron chi connectivity index (χ2n) is 5.14. The van der Waals surface area contributed by atoms with Crippen molar-refractivity contribution < 1.29 is 14.3 Å². The molecule has 0 saturated carbocycles. The van der Waals surface area contributed by atoms with Gasteiger partial charge in [0, 0.05) is 31.9 Å². The number of methoxy groups -OCH3 is 1. The molecule has 1 atom stereocenters. The van der Waals surface area contributed by atoms with Gasteiger partial charge in [-0.05, 0) is 25.0 Å².